The number of carbonyl (C=O) groups is 2. The molecule has 1 aromatic rings. The van der Waals surface area contributed by atoms with Crippen LogP contribution in [0.3, 0.4) is 0 Å². The van der Waals surface area contributed by atoms with E-state index in [1.54, 1.807) is 12.1 Å². The third-order valence-corrected chi connectivity index (χ3v) is 3.22. The van der Waals surface area contributed by atoms with Gasteiger partial charge in [0.2, 0.25) is 0 Å². The molecule has 0 aromatic heterocycles. The molecule has 1 atom stereocenters. The molecule has 92 valence electrons. The highest BCUT2D eigenvalue weighted by Crippen LogP contribution is 2.26. The van der Waals surface area contributed by atoms with Gasteiger partial charge in [0.15, 0.2) is 5.78 Å². The number of hydrogen-bond acceptors (Lipinski definition) is 3. The lowest BCUT2D eigenvalue weighted by atomic mass is 9.97. The molecule has 1 rings (SSSR count). The molecule has 3 nitrogen and oxygen atoms in total. The third-order valence-electron chi connectivity index (χ3n) is 2.68. The van der Waals surface area contributed by atoms with Crippen LogP contribution in [0.4, 0.5) is 0 Å². The lowest BCUT2D eigenvalue weighted by Crippen LogP contribution is -2.09. The van der Waals surface area contributed by atoms with Crippen LogP contribution in [0, 0.1) is 6.92 Å². The molecule has 0 amide bonds. The number of benzene rings is 1. The van der Waals surface area contributed by atoms with Gasteiger partial charge in [-0.25, -0.2) is 0 Å². The monoisotopic (exact) mass is 254 g/mol. The van der Waals surface area contributed by atoms with Crippen molar-refractivity contribution >= 4 is 23.4 Å². The third kappa shape index (κ3) is 3.30. The van der Waals surface area contributed by atoms with Gasteiger partial charge in [-0.2, -0.15) is 0 Å². The van der Waals surface area contributed by atoms with E-state index in [0.29, 0.717) is 0 Å². The average molecular weight is 255 g/mol. The molecule has 0 aliphatic rings. The van der Waals surface area contributed by atoms with Crippen LogP contribution in [0.1, 0.15) is 29.0 Å². The first kappa shape index (κ1) is 13.7. The Labute approximate surface area is 106 Å². The molecule has 0 spiro atoms. The lowest BCUT2D eigenvalue weighted by molar-refractivity contribution is -0.139. The molecular weight excluding hydrogens is 240 g/mol. The van der Waals surface area contributed by atoms with Crippen molar-refractivity contribution in [2.75, 3.05) is 7.11 Å². The molecule has 0 N–H and O–H groups in total. The van der Waals surface area contributed by atoms with Gasteiger partial charge in [0.1, 0.15) is 5.38 Å². The Kier molecular flexibility index (Phi) is 4.70. The minimum atomic E-state index is -0.660. The maximum atomic E-state index is 11.3. The van der Waals surface area contributed by atoms with E-state index < -0.39 is 5.38 Å². The van der Waals surface area contributed by atoms with E-state index in [-0.39, 0.29) is 18.2 Å². The van der Waals surface area contributed by atoms with E-state index in [1.165, 1.54) is 14.0 Å². The van der Waals surface area contributed by atoms with E-state index in [0.717, 1.165) is 16.7 Å². The summed E-state index contributed by atoms with van der Waals surface area (Å²) in [5, 5.41) is -0.660. The fourth-order valence-electron chi connectivity index (χ4n) is 1.62. The summed E-state index contributed by atoms with van der Waals surface area (Å²) in [4.78, 5) is 22.5. The average Bonchev–Trinajstić information content (AvgIpc) is 2.30. The van der Waals surface area contributed by atoms with Gasteiger partial charge in [0.25, 0.3) is 0 Å². The Morgan fingerprint density at radius 1 is 1.41 bits per heavy atom. The van der Waals surface area contributed by atoms with Gasteiger partial charge in [-0.15, -0.1) is 11.6 Å². The van der Waals surface area contributed by atoms with E-state index in [9.17, 15) is 9.59 Å². The van der Waals surface area contributed by atoms with Gasteiger partial charge in [-0.05, 0) is 30.5 Å². The summed E-state index contributed by atoms with van der Waals surface area (Å²) < 4.78 is 4.62. The lowest BCUT2D eigenvalue weighted by Gasteiger charge is -2.13. The van der Waals surface area contributed by atoms with Crippen LogP contribution >= 0.6 is 11.6 Å². The van der Waals surface area contributed by atoms with Gasteiger partial charge < -0.3 is 4.74 Å². The predicted octanol–water partition coefficient (Wildman–Crippen LogP) is 2.58. The summed E-state index contributed by atoms with van der Waals surface area (Å²) in [6, 6.07) is 5.42. The van der Waals surface area contributed by atoms with Crippen molar-refractivity contribution in [2.24, 2.45) is 0 Å². The normalized spacial score (nSPS) is 12.0. The Morgan fingerprint density at radius 3 is 2.59 bits per heavy atom. The fraction of sp³-hybridized carbons (Fsp3) is 0.385. The summed E-state index contributed by atoms with van der Waals surface area (Å²) in [6.45, 7) is 3.30. The first-order chi connectivity index (χ1) is 7.97. The summed E-state index contributed by atoms with van der Waals surface area (Å²) in [7, 11) is 1.35. The van der Waals surface area contributed by atoms with Crippen molar-refractivity contribution in [3.8, 4) is 0 Å². The number of methoxy groups -OCH3 is 1. The summed E-state index contributed by atoms with van der Waals surface area (Å²) >= 11 is 6.02. The highest BCUT2D eigenvalue weighted by Gasteiger charge is 2.17. The van der Waals surface area contributed by atoms with Crippen LogP contribution in [-0.4, -0.2) is 18.9 Å². The smallest absolute Gasteiger partial charge is 0.309 e. The number of ketones is 1. The second-order valence-electron chi connectivity index (χ2n) is 3.86. The van der Waals surface area contributed by atoms with Crippen LogP contribution < -0.4 is 0 Å². The van der Waals surface area contributed by atoms with Crippen LogP contribution in [0.25, 0.3) is 0 Å². The van der Waals surface area contributed by atoms with E-state index in [2.05, 4.69) is 4.74 Å². The zero-order valence-corrected chi connectivity index (χ0v) is 10.9. The van der Waals surface area contributed by atoms with Crippen molar-refractivity contribution in [3.05, 3.63) is 34.9 Å². The Hall–Kier alpha value is -1.35. The second kappa shape index (κ2) is 5.82. The number of rotatable bonds is 4. The van der Waals surface area contributed by atoms with Crippen LogP contribution in [0.5, 0.6) is 0 Å². The molecule has 1 aromatic carbocycles. The van der Waals surface area contributed by atoms with Gasteiger partial charge in [0, 0.05) is 0 Å². The Balaban J connectivity index is 3.07. The largest absolute Gasteiger partial charge is 0.469 e. The molecule has 0 saturated heterocycles. The number of hydrogen-bond donors (Lipinski definition) is 0. The standard InChI is InChI=1S/C13H15ClO3/c1-8-10(7-12(16)17-3)5-4-6-11(8)13(14)9(2)15/h4-6,13H,7H2,1-3H3. The molecule has 17 heavy (non-hydrogen) atoms. The molecule has 0 heterocycles. The summed E-state index contributed by atoms with van der Waals surface area (Å²) in [5.41, 5.74) is 2.45. The second-order valence-corrected chi connectivity index (χ2v) is 4.29. The fourth-order valence-corrected chi connectivity index (χ4v) is 1.85. The van der Waals surface area contributed by atoms with Crippen LogP contribution in [0.2, 0.25) is 0 Å². The number of Topliss-reactive ketones (excluding diaryl/α,β-unsaturated/α-hetero) is 1. The van der Waals surface area contributed by atoms with Crippen molar-refractivity contribution in [2.45, 2.75) is 25.6 Å². The van der Waals surface area contributed by atoms with Crippen LogP contribution in [-0.2, 0) is 20.7 Å². The molecular formula is C13H15ClO3. The molecule has 0 bridgehead atoms. The number of ether oxygens (including phenoxy) is 1. The van der Waals surface area contributed by atoms with Gasteiger partial charge in [-0.1, -0.05) is 18.2 Å². The highest BCUT2D eigenvalue weighted by molar-refractivity contribution is 6.30. The number of alkyl halides is 1. The van der Waals surface area contributed by atoms with Gasteiger partial charge in [0.05, 0.1) is 13.5 Å². The quantitative estimate of drug-likeness (QED) is 0.613. The van der Waals surface area contributed by atoms with Gasteiger partial charge >= 0.3 is 5.97 Å². The minimum absolute atomic E-state index is 0.106. The maximum Gasteiger partial charge on any atom is 0.309 e. The topological polar surface area (TPSA) is 43.4 Å². The number of esters is 1. The molecule has 0 saturated carbocycles. The SMILES string of the molecule is COC(=O)Cc1cccc(C(Cl)C(C)=O)c1C. The van der Waals surface area contributed by atoms with E-state index >= 15 is 0 Å². The first-order valence-corrected chi connectivity index (χ1v) is 5.70. The van der Waals surface area contributed by atoms with E-state index in [4.69, 9.17) is 11.6 Å². The zero-order valence-electron chi connectivity index (χ0n) is 10.1. The maximum absolute atomic E-state index is 11.3. The molecule has 1 unspecified atom stereocenters. The van der Waals surface area contributed by atoms with Gasteiger partial charge in [-0.3, -0.25) is 9.59 Å². The minimum Gasteiger partial charge on any atom is -0.469 e. The van der Waals surface area contributed by atoms with E-state index in [1.807, 2.05) is 13.0 Å². The van der Waals surface area contributed by atoms with Crippen LogP contribution in [0.15, 0.2) is 18.2 Å². The predicted molar refractivity (Wildman–Crippen MR) is 66.2 cm³/mol. The Morgan fingerprint density at radius 2 is 2.06 bits per heavy atom. The molecule has 0 aliphatic heterocycles. The first-order valence-electron chi connectivity index (χ1n) is 5.27. The van der Waals surface area contributed by atoms with Crippen molar-refractivity contribution in [1.82, 2.24) is 0 Å². The zero-order chi connectivity index (χ0) is 13.0. The highest BCUT2D eigenvalue weighted by atomic mass is 35.5. The summed E-state index contributed by atoms with van der Waals surface area (Å²) in [5.74, 6) is -0.413. The molecule has 0 aliphatic carbocycles. The number of carbonyl (C=O) groups excluding carboxylic acids is 2. The van der Waals surface area contributed by atoms with Crippen molar-refractivity contribution in [3.63, 3.8) is 0 Å². The molecule has 4 heteroatoms. The van der Waals surface area contributed by atoms with Crippen molar-refractivity contribution < 1.29 is 14.3 Å². The molecule has 0 fully saturated rings. The Bertz CT molecular complexity index is 440. The number of halogens is 1. The summed E-state index contributed by atoms with van der Waals surface area (Å²) in [6.07, 6.45) is 0.192. The van der Waals surface area contributed by atoms with Crippen molar-refractivity contribution in [1.29, 1.82) is 0 Å². The molecule has 0 radical (unpaired) electrons.